The standard InChI is InChI=1S/C20H20ClN3O2S/c1-11-5-7-15(8-6-11)19-23-24-20(27-19)22-18(25)14(4)26-16-9-12(2)17(21)13(3)10-16/h5-10,14H,1-4H3,(H,22,24,25)/t14-/m0/s1. The lowest BCUT2D eigenvalue weighted by molar-refractivity contribution is -0.122. The molecule has 3 aromatic rings. The number of halogens is 1. The van der Waals surface area contributed by atoms with Gasteiger partial charge in [-0.25, -0.2) is 0 Å². The van der Waals surface area contributed by atoms with Crippen LogP contribution in [0.4, 0.5) is 5.13 Å². The largest absolute Gasteiger partial charge is 0.481 e. The minimum atomic E-state index is -0.684. The van der Waals surface area contributed by atoms with E-state index in [2.05, 4.69) is 15.5 Å². The Bertz CT molecular complexity index is 947. The van der Waals surface area contributed by atoms with Gasteiger partial charge in [0, 0.05) is 10.6 Å². The number of hydrogen-bond acceptors (Lipinski definition) is 5. The number of benzene rings is 2. The summed E-state index contributed by atoms with van der Waals surface area (Å²) in [5, 5.41) is 12.8. The summed E-state index contributed by atoms with van der Waals surface area (Å²) < 4.78 is 5.76. The fraction of sp³-hybridized carbons (Fsp3) is 0.250. The molecule has 0 radical (unpaired) electrons. The molecule has 5 nitrogen and oxygen atoms in total. The second kappa shape index (κ2) is 8.06. The van der Waals surface area contributed by atoms with Crippen molar-refractivity contribution in [3.8, 4) is 16.3 Å². The number of aromatic nitrogens is 2. The molecule has 0 spiro atoms. The van der Waals surface area contributed by atoms with E-state index in [0.717, 1.165) is 21.7 Å². The summed E-state index contributed by atoms with van der Waals surface area (Å²) in [6.45, 7) is 7.53. The Hall–Kier alpha value is -2.44. The molecule has 0 saturated heterocycles. The van der Waals surface area contributed by atoms with Gasteiger partial charge in [-0.05, 0) is 51.0 Å². The van der Waals surface area contributed by atoms with E-state index in [-0.39, 0.29) is 5.91 Å². The molecule has 0 fully saturated rings. The summed E-state index contributed by atoms with van der Waals surface area (Å²) in [6.07, 6.45) is -0.684. The van der Waals surface area contributed by atoms with Crippen LogP contribution in [0.2, 0.25) is 5.02 Å². The van der Waals surface area contributed by atoms with Gasteiger partial charge in [-0.2, -0.15) is 0 Å². The molecule has 1 heterocycles. The summed E-state index contributed by atoms with van der Waals surface area (Å²) in [4.78, 5) is 12.4. The molecule has 1 aromatic heterocycles. The summed E-state index contributed by atoms with van der Waals surface area (Å²) >= 11 is 7.49. The van der Waals surface area contributed by atoms with Crippen LogP contribution in [0.1, 0.15) is 23.6 Å². The van der Waals surface area contributed by atoms with E-state index in [0.29, 0.717) is 15.9 Å². The predicted octanol–water partition coefficient (Wildman–Crippen LogP) is 5.19. The number of hydrogen-bond donors (Lipinski definition) is 1. The van der Waals surface area contributed by atoms with E-state index in [1.54, 1.807) is 6.92 Å². The molecule has 7 heteroatoms. The third-order valence-electron chi connectivity index (χ3n) is 4.05. The van der Waals surface area contributed by atoms with E-state index in [9.17, 15) is 4.79 Å². The smallest absolute Gasteiger partial charge is 0.266 e. The normalized spacial score (nSPS) is 11.9. The van der Waals surface area contributed by atoms with Crippen LogP contribution in [0, 0.1) is 20.8 Å². The highest BCUT2D eigenvalue weighted by atomic mass is 35.5. The van der Waals surface area contributed by atoms with Crippen molar-refractivity contribution in [1.82, 2.24) is 10.2 Å². The zero-order valence-corrected chi connectivity index (χ0v) is 17.1. The molecular weight excluding hydrogens is 382 g/mol. The van der Waals surface area contributed by atoms with Gasteiger partial charge in [-0.15, -0.1) is 10.2 Å². The summed E-state index contributed by atoms with van der Waals surface area (Å²) in [5.74, 6) is 0.321. The molecular formula is C20H20ClN3O2S. The van der Waals surface area contributed by atoms with E-state index in [1.165, 1.54) is 16.9 Å². The number of amides is 1. The predicted molar refractivity (Wildman–Crippen MR) is 110 cm³/mol. The van der Waals surface area contributed by atoms with Crippen molar-refractivity contribution in [2.24, 2.45) is 0 Å². The first kappa shape index (κ1) is 19.3. The Kier molecular flexibility index (Phi) is 5.77. The average Bonchev–Trinajstić information content (AvgIpc) is 3.08. The lowest BCUT2D eigenvalue weighted by atomic mass is 10.1. The minimum Gasteiger partial charge on any atom is -0.481 e. The molecule has 0 unspecified atom stereocenters. The van der Waals surface area contributed by atoms with Crippen molar-refractivity contribution in [2.45, 2.75) is 33.8 Å². The minimum absolute atomic E-state index is 0.285. The van der Waals surface area contributed by atoms with Crippen molar-refractivity contribution >= 4 is 34.0 Å². The first-order chi connectivity index (χ1) is 12.8. The number of rotatable bonds is 5. The first-order valence-corrected chi connectivity index (χ1v) is 9.67. The van der Waals surface area contributed by atoms with Gasteiger partial charge >= 0.3 is 0 Å². The molecule has 0 bridgehead atoms. The number of carbonyl (C=O) groups is 1. The van der Waals surface area contributed by atoms with Crippen LogP contribution in [0.25, 0.3) is 10.6 Å². The van der Waals surface area contributed by atoms with Crippen LogP contribution < -0.4 is 10.1 Å². The Morgan fingerprint density at radius 3 is 2.37 bits per heavy atom. The van der Waals surface area contributed by atoms with E-state index < -0.39 is 6.10 Å². The third-order valence-corrected chi connectivity index (χ3v) is 5.53. The summed E-state index contributed by atoms with van der Waals surface area (Å²) in [7, 11) is 0. The van der Waals surface area contributed by atoms with E-state index >= 15 is 0 Å². The number of ether oxygens (including phenoxy) is 1. The average molecular weight is 402 g/mol. The van der Waals surface area contributed by atoms with Gasteiger partial charge < -0.3 is 4.74 Å². The van der Waals surface area contributed by atoms with Crippen LogP contribution in [0.3, 0.4) is 0 Å². The second-order valence-electron chi connectivity index (χ2n) is 6.40. The van der Waals surface area contributed by atoms with Gasteiger partial charge in [0.25, 0.3) is 5.91 Å². The van der Waals surface area contributed by atoms with Gasteiger partial charge in [0.15, 0.2) is 6.10 Å². The van der Waals surface area contributed by atoms with Gasteiger partial charge in [0.1, 0.15) is 10.8 Å². The van der Waals surface area contributed by atoms with Crippen molar-refractivity contribution in [3.05, 3.63) is 58.1 Å². The Balaban J connectivity index is 1.66. The van der Waals surface area contributed by atoms with Crippen LogP contribution in [-0.4, -0.2) is 22.2 Å². The first-order valence-electron chi connectivity index (χ1n) is 8.48. The Morgan fingerprint density at radius 1 is 1.11 bits per heavy atom. The van der Waals surface area contributed by atoms with E-state index in [1.807, 2.05) is 57.2 Å². The molecule has 0 aliphatic rings. The zero-order valence-electron chi connectivity index (χ0n) is 15.5. The van der Waals surface area contributed by atoms with Gasteiger partial charge in [0.2, 0.25) is 5.13 Å². The van der Waals surface area contributed by atoms with Gasteiger partial charge in [-0.3, -0.25) is 10.1 Å². The van der Waals surface area contributed by atoms with Crippen molar-refractivity contribution in [3.63, 3.8) is 0 Å². The molecule has 2 aromatic carbocycles. The maximum Gasteiger partial charge on any atom is 0.266 e. The molecule has 140 valence electrons. The number of carbonyl (C=O) groups excluding carboxylic acids is 1. The fourth-order valence-electron chi connectivity index (χ4n) is 2.53. The van der Waals surface area contributed by atoms with Crippen LogP contribution in [-0.2, 0) is 4.79 Å². The van der Waals surface area contributed by atoms with E-state index in [4.69, 9.17) is 16.3 Å². The van der Waals surface area contributed by atoms with Crippen LogP contribution >= 0.6 is 22.9 Å². The van der Waals surface area contributed by atoms with Gasteiger partial charge in [0.05, 0.1) is 0 Å². The van der Waals surface area contributed by atoms with Crippen LogP contribution in [0.15, 0.2) is 36.4 Å². The molecule has 1 N–H and O–H groups in total. The number of aryl methyl sites for hydroxylation is 3. The molecule has 27 heavy (non-hydrogen) atoms. The Labute approximate surface area is 167 Å². The third kappa shape index (κ3) is 4.64. The fourth-order valence-corrected chi connectivity index (χ4v) is 3.39. The molecule has 1 atom stereocenters. The van der Waals surface area contributed by atoms with Crippen molar-refractivity contribution in [2.75, 3.05) is 5.32 Å². The topological polar surface area (TPSA) is 64.1 Å². The Morgan fingerprint density at radius 2 is 1.74 bits per heavy atom. The molecule has 1 amide bonds. The highest BCUT2D eigenvalue weighted by Crippen LogP contribution is 2.28. The second-order valence-corrected chi connectivity index (χ2v) is 7.75. The molecule has 0 saturated carbocycles. The number of nitrogens with zero attached hydrogens (tertiary/aromatic N) is 2. The van der Waals surface area contributed by atoms with Crippen molar-refractivity contribution in [1.29, 1.82) is 0 Å². The summed E-state index contributed by atoms with van der Waals surface area (Å²) in [5.41, 5.74) is 3.96. The number of nitrogens with one attached hydrogen (secondary N) is 1. The maximum absolute atomic E-state index is 12.4. The SMILES string of the molecule is Cc1ccc(-c2nnc(NC(=O)[C@H](C)Oc3cc(C)c(Cl)c(C)c3)s2)cc1. The lowest BCUT2D eigenvalue weighted by Crippen LogP contribution is -2.30. The maximum atomic E-state index is 12.4. The molecule has 3 rings (SSSR count). The summed E-state index contributed by atoms with van der Waals surface area (Å²) in [6, 6.07) is 11.6. The lowest BCUT2D eigenvalue weighted by Gasteiger charge is -2.15. The quantitative estimate of drug-likeness (QED) is 0.639. The monoisotopic (exact) mass is 401 g/mol. The number of anilines is 1. The molecule has 0 aliphatic heterocycles. The van der Waals surface area contributed by atoms with Crippen LogP contribution in [0.5, 0.6) is 5.75 Å². The zero-order chi connectivity index (χ0) is 19.6. The van der Waals surface area contributed by atoms with Crippen molar-refractivity contribution < 1.29 is 9.53 Å². The highest BCUT2D eigenvalue weighted by Gasteiger charge is 2.18. The molecule has 0 aliphatic carbocycles. The highest BCUT2D eigenvalue weighted by molar-refractivity contribution is 7.18. The van der Waals surface area contributed by atoms with Gasteiger partial charge in [-0.1, -0.05) is 52.8 Å².